The number of halogens is 4. The van der Waals surface area contributed by atoms with Gasteiger partial charge in [0.15, 0.2) is 17.4 Å². The zero-order valence-corrected chi connectivity index (χ0v) is 8.90. The van der Waals surface area contributed by atoms with Crippen molar-refractivity contribution in [2.24, 2.45) is 0 Å². The van der Waals surface area contributed by atoms with Gasteiger partial charge in [-0.1, -0.05) is 0 Å². The van der Waals surface area contributed by atoms with Crippen molar-refractivity contribution in [2.75, 3.05) is 13.2 Å². The number of rotatable bonds is 3. The summed E-state index contributed by atoms with van der Waals surface area (Å²) in [5, 5.41) is 3.04. The Morgan fingerprint density at radius 3 is 2.35 bits per heavy atom. The molecule has 6 heteroatoms. The SMILES string of the molecule is Fc1cc(F)c(F)c(OCC2CCCN2)c1F. The lowest BCUT2D eigenvalue weighted by Gasteiger charge is -2.13. The van der Waals surface area contributed by atoms with Gasteiger partial charge in [0.05, 0.1) is 0 Å². The quantitative estimate of drug-likeness (QED) is 0.656. The van der Waals surface area contributed by atoms with Gasteiger partial charge in [-0.05, 0) is 19.4 Å². The van der Waals surface area contributed by atoms with E-state index in [4.69, 9.17) is 4.74 Å². The zero-order chi connectivity index (χ0) is 12.4. The summed E-state index contributed by atoms with van der Waals surface area (Å²) in [6, 6.07) is 0.117. The highest BCUT2D eigenvalue weighted by atomic mass is 19.2. The van der Waals surface area contributed by atoms with Gasteiger partial charge < -0.3 is 10.1 Å². The molecule has 0 saturated carbocycles. The lowest BCUT2D eigenvalue weighted by Crippen LogP contribution is -2.28. The number of hydrogen-bond donors (Lipinski definition) is 1. The maximum Gasteiger partial charge on any atom is 0.203 e. The van der Waals surface area contributed by atoms with Crippen molar-refractivity contribution < 1.29 is 22.3 Å². The zero-order valence-electron chi connectivity index (χ0n) is 8.90. The molecular formula is C11H11F4NO. The van der Waals surface area contributed by atoms with E-state index in [9.17, 15) is 17.6 Å². The van der Waals surface area contributed by atoms with Crippen LogP contribution in [0, 0.1) is 23.3 Å². The minimum absolute atomic E-state index is 0.0171. The summed E-state index contributed by atoms with van der Waals surface area (Å²) >= 11 is 0. The Balaban J connectivity index is 2.13. The van der Waals surface area contributed by atoms with Crippen molar-refractivity contribution in [1.29, 1.82) is 0 Å². The van der Waals surface area contributed by atoms with Gasteiger partial charge in [-0.25, -0.2) is 8.78 Å². The van der Waals surface area contributed by atoms with Crippen molar-refractivity contribution in [3.8, 4) is 5.75 Å². The average molecular weight is 249 g/mol. The molecule has 0 spiro atoms. The third-order valence-electron chi connectivity index (χ3n) is 2.66. The Morgan fingerprint density at radius 1 is 1.18 bits per heavy atom. The molecule has 1 unspecified atom stereocenters. The molecule has 1 fully saturated rings. The smallest absolute Gasteiger partial charge is 0.203 e. The van der Waals surface area contributed by atoms with Crippen LogP contribution < -0.4 is 10.1 Å². The molecule has 1 N–H and O–H groups in total. The lowest BCUT2D eigenvalue weighted by molar-refractivity contribution is 0.244. The van der Waals surface area contributed by atoms with Crippen LogP contribution in [-0.4, -0.2) is 19.2 Å². The van der Waals surface area contributed by atoms with Crippen molar-refractivity contribution in [3.05, 3.63) is 29.3 Å². The first-order chi connectivity index (χ1) is 8.09. The van der Waals surface area contributed by atoms with E-state index in [0.717, 1.165) is 19.4 Å². The van der Waals surface area contributed by atoms with Crippen LogP contribution in [0.4, 0.5) is 17.6 Å². The van der Waals surface area contributed by atoms with Gasteiger partial charge in [0.2, 0.25) is 11.6 Å². The van der Waals surface area contributed by atoms with Crippen molar-refractivity contribution in [3.63, 3.8) is 0 Å². The second-order valence-electron chi connectivity index (χ2n) is 3.90. The summed E-state index contributed by atoms with van der Waals surface area (Å²) < 4.78 is 56.9. The standard InChI is InChI=1S/C11H11F4NO/c12-7-4-8(13)10(15)11(9(7)14)17-5-6-2-1-3-16-6/h4,6,16H,1-3,5H2. The maximum atomic E-state index is 13.2. The fraction of sp³-hybridized carbons (Fsp3) is 0.455. The van der Waals surface area contributed by atoms with Gasteiger partial charge >= 0.3 is 0 Å². The molecule has 1 heterocycles. The van der Waals surface area contributed by atoms with Crippen molar-refractivity contribution in [2.45, 2.75) is 18.9 Å². The highest BCUT2D eigenvalue weighted by molar-refractivity contribution is 5.28. The molecule has 1 aliphatic rings. The highest BCUT2D eigenvalue weighted by Gasteiger charge is 2.22. The van der Waals surface area contributed by atoms with Crippen LogP contribution >= 0.6 is 0 Å². The van der Waals surface area contributed by atoms with Crippen LogP contribution in [0.15, 0.2) is 6.07 Å². The summed E-state index contributed by atoms with van der Waals surface area (Å²) in [5.41, 5.74) is 0. The summed E-state index contributed by atoms with van der Waals surface area (Å²) in [6.45, 7) is 0.785. The molecule has 0 aliphatic carbocycles. The van der Waals surface area contributed by atoms with Crippen molar-refractivity contribution in [1.82, 2.24) is 5.32 Å². The molecule has 1 aliphatic heterocycles. The monoisotopic (exact) mass is 249 g/mol. The van der Waals surface area contributed by atoms with Crippen LogP contribution in [-0.2, 0) is 0 Å². The van der Waals surface area contributed by atoms with Crippen LogP contribution in [0.1, 0.15) is 12.8 Å². The van der Waals surface area contributed by atoms with Gasteiger partial charge in [0.25, 0.3) is 0 Å². The first kappa shape index (κ1) is 12.2. The Morgan fingerprint density at radius 2 is 1.82 bits per heavy atom. The number of ether oxygens (including phenoxy) is 1. The molecule has 0 bridgehead atoms. The van der Waals surface area contributed by atoms with E-state index < -0.39 is 29.0 Å². The average Bonchev–Trinajstić information content (AvgIpc) is 2.79. The minimum atomic E-state index is -1.50. The van der Waals surface area contributed by atoms with E-state index in [1.54, 1.807) is 0 Å². The Bertz CT molecular complexity index is 392. The highest BCUT2D eigenvalue weighted by Crippen LogP contribution is 2.26. The number of nitrogens with one attached hydrogen (secondary N) is 1. The first-order valence-corrected chi connectivity index (χ1v) is 5.28. The molecule has 0 aromatic heterocycles. The maximum absolute atomic E-state index is 13.2. The predicted molar refractivity (Wildman–Crippen MR) is 52.8 cm³/mol. The summed E-state index contributed by atoms with van der Waals surface area (Å²) in [5.74, 6) is -6.91. The summed E-state index contributed by atoms with van der Waals surface area (Å²) in [7, 11) is 0. The molecule has 0 amide bonds. The van der Waals surface area contributed by atoms with Gasteiger partial charge in [0, 0.05) is 12.1 Å². The van der Waals surface area contributed by atoms with E-state index in [2.05, 4.69) is 5.32 Å². The van der Waals surface area contributed by atoms with E-state index in [1.807, 2.05) is 0 Å². The van der Waals surface area contributed by atoms with Crippen LogP contribution in [0.2, 0.25) is 0 Å². The number of hydrogen-bond acceptors (Lipinski definition) is 2. The van der Waals surface area contributed by atoms with Gasteiger partial charge in [-0.15, -0.1) is 0 Å². The lowest BCUT2D eigenvalue weighted by atomic mass is 10.2. The minimum Gasteiger partial charge on any atom is -0.486 e. The summed E-state index contributed by atoms with van der Waals surface area (Å²) in [4.78, 5) is 0. The van der Waals surface area contributed by atoms with Crippen molar-refractivity contribution >= 4 is 0 Å². The topological polar surface area (TPSA) is 21.3 Å². The molecule has 94 valence electrons. The number of benzene rings is 1. The van der Waals surface area contributed by atoms with Gasteiger partial charge in [-0.3, -0.25) is 0 Å². The largest absolute Gasteiger partial charge is 0.486 e. The predicted octanol–water partition coefficient (Wildman–Crippen LogP) is 2.37. The fourth-order valence-electron chi connectivity index (χ4n) is 1.76. The molecule has 1 atom stereocenters. The second-order valence-corrected chi connectivity index (χ2v) is 3.90. The Hall–Kier alpha value is -1.30. The molecule has 2 rings (SSSR count). The van der Waals surface area contributed by atoms with Crippen LogP contribution in [0.5, 0.6) is 5.75 Å². The molecule has 1 saturated heterocycles. The normalized spacial score (nSPS) is 19.6. The summed E-state index contributed by atoms with van der Waals surface area (Å²) in [6.07, 6.45) is 1.75. The Labute approximate surface area is 95.6 Å². The van der Waals surface area contributed by atoms with E-state index in [-0.39, 0.29) is 18.7 Å². The first-order valence-electron chi connectivity index (χ1n) is 5.28. The second kappa shape index (κ2) is 4.91. The Kier molecular flexibility index (Phi) is 3.51. The van der Waals surface area contributed by atoms with E-state index in [1.165, 1.54) is 0 Å². The third kappa shape index (κ3) is 2.52. The molecular weight excluding hydrogens is 238 g/mol. The van der Waals surface area contributed by atoms with Crippen LogP contribution in [0.3, 0.4) is 0 Å². The van der Waals surface area contributed by atoms with Gasteiger partial charge in [-0.2, -0.15) is 8.78 Å². The van der Waals surface area contributed by atoms with Gasteiger partial charge in [0.1, 0.15) is 6.61 Å². The molecule has 0 radical (unpaired) electrons. The molecule has 2 nitrogen and oxygen atoms in total. The van der Waals surface area contributed by atoms with E-state index in [0.29, 0.717) is 0 Å². The van der Waals surface area contributed by atoms with E-state index >= 15 is 0 Å². The molecule has 1 aromatic rings. The molecule has 1 aromatic carbocycles. The molecule has 17 heavy (non-hydrogen) atoms. The van der Waals surface area contributed by atoms with Crippen LogP contribution in [0.25, 0.3) is 0 Å². The fourth-order valence-corrected chi connectivity index (χ4v) is 1.76. The third-order valence-corrected chi connectivity index (χ3v) is 2.66.